The third kappa shape index (κ3) is 2.13. The van der Waals surface area contributed by atoms with Crippen molar-refractivity contribution < 1.29 is 4.79 Å². The molecule has 0 aliphatic carbocycles. The molecule has 4 nitrogen and oxygen atoms in total. The number of aromatic nitrogens is 2. The number of aromatic amines is 1. The summed E-state index contributed by atoms with van der Waals surface area (Å²) in [6.07, 6.45) is 4.85. The molecule has 0 radical (unpaired) electrons. The van der Waals surface area contributed by atoms with Gasteiger partial charge in [-0.2, -0.15) is 5.10 Å². The van der Waals surface area contributed by atoms with Crippen LogP contribution in [0.15, 0.2) is 6.07 Å². The van der Waals surface area contributed by atoms with E-state index in [0.717, 1.165) is 11.4 Å². The maximum Gasteiger partial charge on any atom is 0.295 e. The van der Waals surface area contributed by atoms with Crippen LogP contribution >= 0.6 is 0 Å². The Morgan fingerprint density at radius 3 is 3.17 bits per heavy atom. The predicted octanol–water partition coefficient (Wildman–Crippen LogP) is -0.0325. The first-order chi connectivity index (χ1) is 5.72. The van der Waals surface area contributed by atoms with Gasteiger partial charge in [-0.05, 0) is 18.9 Å². The summed E-state index contributed by atoms with van der Waals surface area (Å²) in [5, 5.41) is 9.18. The summed E-state index contributed by atoms with van der Waals surface area (Å²) in [4.78, 5) is 10.6. The standard InChI is InChI=1S/C8H9N3O/c1-3-8(12)9-5-7-4-6(2)10-11-7/h1,4H,5H2,2H3,(H,9,12)(H,10,11). The van der Waals surface area contributed by atoms with E-state index in [2.05, 4.69) is 15.5 Å². The molecule has 0 aliphatic rings. The molecule has 1 aromatic heterocycles. The molecule has 1 aromatic rings. The van der Waals surface area contributed by atoms with Crippen molar-refractivity contribution in [3.63, 3.8) is 0 Å². The van der Waals surface area contributed by atoms with Gasteiger partial charge in [-0.25, -0.2) is 0 Å². The van der Waals surface area contributed by atoms with Crippen molar-refractivity contribution in [1.29, 1.82) is 0 Å². The zero-order valence-corrected chi connectivity index (χ0v) is 6.72. The number of nitrogens with zero attached hydrogens (tertiary/aromatic N) is 1. The highest BCUT2D eigenvalue weighted by molar-refractivity contribution is 5.92. The van der Waals surface area contributed by atoms with Crippen molar-refractivity contribution in [1.82, 2.24) is 15.5 Å². The molecule has 0 unspecified atom stereocenters. The summed E-state index contributed by atoms with van der Waals surface area (Å²) in [6, 6.07) is 1.84. The van der Waals surface area contributed by atoms with Gasteiger partial charge in [0.1, 0.15) is 0 Å². The van der Waals surface area contributed by atoms with E-state index in [9.17, 15) is 4.79 Å². The highest BCUT2D eigenvalue weighted by Crippen LogP contribution is 1.95. The maximum absolute atomic E-state index is 10.6. The van der Waals surface area contributed by atoms with Crippen molar-refractivity contribution in [2.24, 2.45) is 0 Å². The first-order valence-electron chi connectivity index (χ1n) is 3.47. The molecule has 1 rings (SSSR count). The Labute approximate surface area is 70.4 Å². The van der Waals surface area contributed by atoms with Crippen LogP contribution < -0.4 is 5.32 Å². The Morgan fingerprint density at radius 1 is 1.92 bits per heavy atom. The van der Waals surface area contributed by atoms with Crippen LogP contribution in [0, 0.1) is 19.3 Å². The average molecular weight is 163 g/mol. The topological polar surface area (TPSA) is 57.8 Å². The van der Waals surface area contributed by atoms with Crippen LogP contribution in [0.4, 0.5) is 0 Å². The van der Waals surface area contributed by atoms with Crippen LogP contribution in [0.3, 0.4) is 0 Å². The lowest BCUT2D eigenvalue weighted by atomic mass is 10.4. The molecule has 2 N–H and O–H groups in total. The van der Waals surface area contributed by atoms with Crippen LogP contribution in [0.2, 0.25) is 0 Å². The summed E-state index contributed by atoms with van der Waals surface area (Å²) in [5.74, 6) is 1.53. The Balaban J connectivity index is 2.44. The van der Waals surface area contributed by atoms with E-state index in [1.165, 1.54) is 0 Å². The predicted molar refractivity (Wildman–Crippen MR) is 44.0 cm³/mol. The minimum atomic E-state index is -0.421. The molecular formula is C8H9N3O. The van der Waals surface area contributed by atoms with Crippen molar-refractivity contribution >= 4 is 5.91 Å². The highest BCUT2D eigenvalue weighted by Gasteiger charge is 1.98. The molecule has 1 amide bonds. The van der Waals surface area contributed by atoms with Gasteiger partial charge in [0, 0.05) is 5.69 Å². The average Bonchev–Trinajstić information content (AvgIpc) is 2.47. The van der Waals surface area contributed by atoms with Gasteiger partial charge in [0.05, 0.1) is 12.2 Å². The van der Waals surface area contributed by atoms with E-state index in [1.54, 1.807) is 0 Å². The molecule has 4 heteroatoms. The van der Waals surface area contributed by atoms with E-state index >= 15 is 0 Å². The number of rotatable bonds is 2. The van der Waals surface area contributed by atoms with Gasteiger partial charge in [0.15, 0.2) is 0 Å². The minimum Gasteiger partial charge on any atom is -0.340 e. The first kappa shape index (κ1) is 8.34. The van der Waals surface area contributed by atoms with Crippen LogP contribution in [0.25, 0.3) is 0 Å². The molecule has 1 heterocycles. The number of hydrogen-bond acceptors (Lipinski definition) is 2. The fourth-order valence-corrected chi connectivity index (χ4v) is 0.787. The molecule has 0 atom stereocenters. The molecular weight excluding hydrogens is 154 g/mol. The normalized spacial score (nSPS) is 9.00. The molecule has 0 saturated heterocycles. The number of carbonyl (C=O) groups excluding carboxylic acids is 1. The van der Waals surface area contributed by atoms with Gasteiger partial charge in [-0.15, -0.1) is 6.42 Å². The number of nitrogens with one attached hydrogen (secondary N) is 2. The molecule has 0 fully saturated rings. The molecule has 12 heavy (non-hydrogen) atoms. The molecule has 0 saturated carbocycles. The molecule has 0 spiro atoms. The summed E-state index contributed by atoms with van der Waals surface area (Å²) < 4.78 is 0. The van der Waals surface area contributed by atoms with E-state index in [4.69, 9.17) is 6.42 Å². The number of carbonyl (C=O) groups is 1. The van der Waals surface area contributed by atoms with Crippen molar-refractivity contribution in [3.05, 3.63) is 17.5 Å². The quantitative estimate of drug-likeness (QED) is 0.601. The lowest BCUT2D eigenvalue weighted by Crippen LogP contribution is -2.20. The number of terminal acetylenes is 1. The Morgan fingerprint density at radius 2 is 2.67 bits per heavy atom. The second-order valence-corrected chi connectivity index (χ2v) is 2.37. The second kappa shape index (κ2) is 3.58. The molecule has 62 valence electrons. The second-order valence-electron chi connectivity index (χ2n) is 2.37. The van der Waals surface area contributed by atoms with Crippen LogP contribution in [0.5, 0.6) is 0 Å². The third-order valence-corrected chi connectivity index (χ3v) is 1.32. The SMILES string of the molecule is C#CC(=O)NCc1cc(C)[nH]n1. The summed E-state index contributed by atoms with van der Waals surface area (Å²) >= 11 is 0. The van der Waals surface area contributed by atoms with Gasteiger partial charge >= 0.3 is 0 Å². The van der Waals surface area contributed by atoms with Crippen LogP contribution in [-0.2, 0) is 11.3 Å². The smallest absolute Gasteiger partial charge is 0.295 e. The first-order valence-corrected chi connectivity index (χ1v) is 3.47. The fraction of sp³-hybridized carbons (Fsp3) is 0.250. The maximum atomic E-state index is 10.6. The summed E-state index contributed by atoms with van der Waals surface area (Å²) in [7, 11) is 0. The zero-order chi connectivity index (χ0) is 8.97. The van der Waals surface area contributed by atoms with Gasteiger partial charge in [-0.1, -0.05) is 0 Å². The van der Waals surface area contributed by atoms with Crippen molar-refractivity contribution in [2.75, 3.05) is 0 Å². The van der Waals surface area contributed by atoms with Crippen LogP contribution in [0.1, 0.15) is 11.4 Å². The van der Waals surface area contributed by atoms with E-state index in [1.807, 2.05) is 18.9 Å². The number of aryl methyl sites for hydroxylation is 1. The lowest BCUT2D eigenvalue weighted by molar-refractivity contribution is -0.115. The minimum absolute atomic E-state index is 0.368. The largest absolute Gasteiger partial charge is 0.340 e. The van der Waals surface area contributed by atoms with Crippen LogP contribution in [-0.4, -0.2) is 16.1 Å². The molecule has 0 aliphatic heterocycles. The van der Waals surface area contributed by atoms with Gasteiger partial charge in [0.25, 0.3) is 5.91 Å². The Bertz CT molecular complexity index is 321. The Hall–Kier alpha value is -1.76. The highest BCUT2D eigenvalue weighted by atomic mass is 16.1. The number of hydrogen-bond donors (Lipinski definition) is 2. The monoisotopic (exact) mass is 163 g/mol. The number of amides is 1. The third-order valence-electron chi connectivity index (χ3n) is 1.32. The van der Waals surface area contributed by atoms with Crippen molar-refractivity contribution in [2.45, 2.75) is 13.5 Å². The Kier molecular flexibility index (Phi) is 2.49. The summed E-state index contributed by atoms with van der Waals surface area (Å²) in [6.45, 7) is 2.26. The van der Waals surface area contributed by atoms with Gasteiger partial charge in [-0.3, -0.25) is 9.89 Å². The molecule has 0 aromatic carbocycles. The molecule has 0 bridgehead atoms. The fourth-order valence-electron chi connectivity index (χ4n) is 0.787. The van der Waals surface area contributed by atoms with Gasteiger partial charge in [0.2, 0.25) is 0 Å². The lowest BCUT2D eigenvalue weighted by Gasteiger charge is -1.94. The van der Waals surface area contributed by atoms with E-state index in [-0.39, 0.29) is 0 Å². The van der Waals surface area contributed by atoms with E-state index < -0.39 is 5.91 Å². The summed E-state index contributed by atoms with van der Waals surface area (Å²) in [5.41, 5.74) is 1.73. The van der Waals surface area contributed by atoms with Gasteiger partial charge < -0.3 is 5.32 Å². The number of H-pyrrole nitrogens is 1. The van der Waals surface area contributed by atoms with E-state index in [0.29, 0.717) is 6.54 Å². The zero-order valence-electron chi connectivity index (χ0n) is 6.72. The van der Waals surface area contributed by atoms with Crippen molar-refractivity contribution in [3.8, 4) is 12.3 Å².